The van der Waals surface area contributed by atoms with E-state index in [4.69, 9.17) is 11.6 Å². The predicted molar refractivity (Wildman–Crippen MR) is 84.2 cm³/mol. The molecule has 0 saturated carbocycles. The van der Waals surface area contributed by atoms with E-state index < -0.39 is 5.69 Å². The largest absolute Gasteiger partial charge is 0.334 e. The Kier molecular flexibility index (Phi) is 4.20. The van der Waals surface area contributed by atoms with Crippen LogP contribution in [-0.2, 0) is 0 Å². The second-order valence-corrected chi connectivity index (χ2v) is 6.23. The summed E-state index contributed by atoms with van der Waals surface area (Å²) in [6.07, 6.45) is 0. The van der Waals surface area contributed by atoms with Crippen LogP contribution in [0.2, 0.25) is 5.15 Å². The Labute approximate surface area is 129 Å². The molecule has 0 radical (unpaired) electrons. The van der Waals surface area contributed by atoms with E-state index in [9.17, 15) is 9.59 Å². The van der Waals surface area contributed by atoms with Gasteiger partial charge in [-0.2, -0.15) is 0 Å². The molecule has 2 rings (SSSR count). The van der Waals surface area contributed by atoms with Gasteiger partial charge in [0.25, 0.3) is 5.56 Å². The number of hydrogen-bond donors (Lipinski definition) is 1. The van der Waals surface area contributed by atoms with Crippen LogP contribution in [0.3, 0.4) is 0 Å². The molecule has 0 bridgehead atoms. The lowest BCUT2D eigenvalue weighted by molar-refractivity contribution is 0.777. The number of nitrogens with one attached hydrogen (secondary N) is 1. The highest BCUT2D eigenvalue weighted by atomic mass is 79.9. The maximum Gasteiger partial charge on any atom is 0.334 e. The van der Waals surface area contributed by atoms with Crippen molar-refractivity contribution >= 4 is 27.5 Å². The van der Waals surface area contributed by atoms with Gasteiger partial charge in [-0.3, -0.25) is 9.78 Å². The fourth-order valence-electron chi connectivity index (χ4n) is 2.10. The normalized spacial score (nSPS) is 11.1. The minimum atomic E-state index is -0.540. The Hall–Kier alpha value is -1.33. The highest BCUT2D eigenvalue weighted by Gasteiger charge is 2.17. The van der Waals surface area contributed by atoms with E-state index in [0.717, 1.165) is 14.6 Å². The van der Waals surface area contributed by atoms with E-state index in [0.29, 0.717) is 11.3 Å². The molecule has 1 aromatic carbocycles. The molecule has 2 aromatic rings. The maximum absolute atomic E-state index is 12.5. The van der Waals surface area contributed by atoms with E-state index in [2.05, 4.69) is 20.9 Å². The van der Waals surface area contributed by atoms with Crippen LogP contribution in [0.25, 0.3) is 5.69 Å². The number of aromatic nitrogens is 2. The smallest absolute Gasteiger partial charge is 0.297 e. The zero-order chi connectivity index (χ0) is 15.0. The summed E-state index contributed by atoms with van der Waals surface area (Å²) in [6.45, 7) is 5.61. The molecule has 0 spiro atoms. The van der Waals surface area contributed by atoms with E-state index in [1.165, 1.54) is 0 Å². The van der Waals surface area contributed by atoms with Crippen molar-refractivity contribution in [1.82, 2.24) is 9.55 Å². The summed E-state index contributed by atoms with van der Waals surface area (Å²) in [6, 6.07) is 5.41. The highest BCUT2D eigenvalue weighted by Crippen LogP contribution is 2.19. The third-order valence-corrected chi connectivity index (χ3v) is 3.71. The van der Waals surface area contributed by atoms with Crippen LogP contribution in [0.15, 0.2) is 32.3 Å². The lowest BCUT2D eigenvalue weighted by Gasteiger charge is -2.12. The molecule has 0 atom stereocenters. The zero-order valence-electron chi connectivity index (χ0n) is 11.3. The third kappa shape index (κ3) is 2.74. The van der Waals surface area contributed by atoms with Crippen molar-refractivity contribution in [2.45, 2.75) is 26.7 Å². The molecule has 1 heterocycles. The highest BCUT2D eigenvalue weighted by molar-refractivity contribution is 9.10. The summed E-state index contributed by atoms with van der Waals surface area (Å²) in [5.41, 5.74) is 0.945. The summed E-state index contributed by atoms with van der Waals surface area (Å²) in [4.78, 5) is 27.1. The molecule has 6 heteroatoms. The Morgan fingerprint density at radius 1 is 1.25 bits per heavy atom. The van der Waals surface area contributed by atoms with Gasteiger partial charge in [0.15, 0.2) is 0 Å². The third-order valence-electron chi connectivity index (χ3n) is 2.95. The maximum atomic E-state index is 12.5. The monoisotopic (exact) mass is 356 g/mol. The Morgan fingerprint density at radius 3 is 2.45 bits per heavy atom. The topological polar surface area (TPSA) is 54.9 Å². The number of H-pyrrole nitrogens is 1. The number of rotatable bonds is 2. The first-order chi connectivity index (χ1) is 9.31. The van der Waals surface area contributed by atoms with Crippen molar-refractivity contribution in [2.24, 2.45) is 0 Å². The van der Waals surface area contributed by atoms with E-state index in [1.807, 2.05) is 26.8 Å². The van der Waals surface area contributed by atoms with Gasteiger partial charge >= 0.3 is 5.69 Å². The minimum Gasteiger partial charge on any atom is -0.297 e. The number of nitrogens with zero attached hydrogens (tertiary/aromatic N) is 1. The van der Waals surface area contributed by atoms with E-state index >= 15 is 0 Å². The van der Waals surface area contributed by atoms with E-state index in [-0.39, 0.29) is 16.6 Å². The zero-order valence-corrected chi connectivity index (χ0v) is 13.7. The fraction of sp³-hybridized carbons (Fsp3) is 0.286. The predicted octanol–water partition coefficient (Wildman–Crippen LogP) is 3.37. The lowest BCUT2D eigenvalue weighted by Crippen LogP contribution is -2.36. The molecule has 0 amide bonds. The number of halogens is 2. The summed E-state index contributed by atoms with van der Waals surface area (Å²) in [7, 11) is 0. The molecule has 0 aliphatic carbocycles. The molecule has 1 N–H and O–H groups in total. The van der Waals surface area contributed by atoms with Crippen LogP contribution in [-0.4, -0.2) is 9.55 Å². The first-order valence-electron chi connectivity index (χ1n) is 6.13. The SMILES string of the molecule is Cc1cc(Br)cc(-n2c(=O)[nH]c(Cl)c(C(C)C)c2=O)c1. The van der Waals surface area contributed by atoms with Crippen molar-refractivity contribution in [3.05, 3.63) is 59.8 Å². The van der Waals surface area contributed by atoms with Gasteiger partial charge in [0.05, 0.1) is 11.3 Å². The average Bonchev–Trinajstić information content (AvgIpc) is 2.25. The molecule has 106 valence electrons. The summed E-state index contributed by atoms with van der Waals surface area (Å²) in [5, 5.41) is 0.109. The fourth-order valence-corrected chi connectivity index (χ4v) is 3.08. The van der Waals surface area contributed by atoms with Gasteiger partial charge < -0.3 is 0 Å². The number of benzene rings is 1. The van der Waals surface area contributed by atoms with Gasteiger partial charge in [-0.25, -0.2) is 9.36 Å². The van der Waals surface area contributed by atoms with Gasteiger partial charge in [-0.1, -0.05) is 41.4 Å². The molecular formula is C14H14BrClN2O2. The average molecular weight is 358 g/mol. The summed E-state index contributed by atoms with van der Waals surface area (Å²) >= 11 is 9.34. The number of aryl methyl sites for hydroxylation is 1. The van der Waals surface area contributed by atoms with Crippen molar-refractivity contribution < 1.29 is 0 Å². The van der Waals surface area contributed by atoms with Gasteiger partial charge in [0.2, 0.25) is 0 Å². The van der Waals surface area contributed by atoms with E-state index in [1.54, 1.807) is 12.1 Å². The Bertz CT molecular complexity index is 757. The molecule has 0 aliphatic heterocycles. The quantitative estimate of drug-likeness (QED) is 0.838. The summed E-state index contributed by atoms with van der Waals surface area (Å²) in [5.74, 6) is -0.0775. The molecule has 0 saturated heterocycles. The van der Waals surface area contributed by atoms with Crippen molar-refractivity contribution in [3.8, 4) is 5.69 Å². The first-order valence-corrected chi connectivity index (χ1v) is 7.30. The van der Waals surface area contributed by atoms with Crippen LogP contribution in [0.4, 0.5) is 0 Å². The van der Waals surface area contributed by atoms with Crippen LogP contribution < -0.4 is 11.2 Å². The summed E-state index contributed by atoms with van der Waals surface area (Å²) < 4.78 is 1.92. The first kappa shape index (κ1) is 15.1. The lowest BCUT2D eigenvalue weighted by atomic mass is 10.1. The second-order valence-electron chi connectivity index (χ2n) is 4.94. The number of hydrogen-bond acceptors (Lipinski definition) is 2. The van der Waals surface area contributed by atoms with Crippen molar-refractivity contribution in [2.75, 3.05) is 0 Å². The second kappa shape index (κ2) is 5.58. The van der Waals surface area contributed by atoms with Crippen molar-refractivity contribution in [3.63, 3.8) is 0 Å². The number of aromatic amines is 1. The molecule has 0 fully saturated rings. The molecule has 0 aliphatic rings. The van der Waals surface area contributed by atoms with Gasteiger partial charge in [0.1, 0.15) is 5.15 Å². The minimum absolute atomic E-state index is 0.0775. The van der Waals surface area contributed by atoms with Crippen molar-refractivity contribution in [1.29, 1.82) is 0 Å². The van der Waals surface area contributed by atoms with Gasteiger partial charge in [0, 0.05) is 4.47 Å². The Morgan fingerprint density at radius 2 is 1.90 bits per heavy atom. The van der Waals surface area contributed by atoms with Crippen LogP contribution in [0, 0.1) is 6.92 Å². The molecule has 0 unspecified atom stereocenters. The molecular weight excluding hydrogens is 344 g/mol. The molecule has 20 heavy (non-hydrogen) atoms. The van der Waals surface area contributed by atoms with Crippen LogP contribution >= 0.6 is 27.5 Å². The molecule has 4 nitrogen and oxygen atoms in total. The standard InChI is InChI=1S/C14H14BrClN2O2/c1-7(2)11-12(16)17-14(20)18(13(11)19)10-5-8(3)4-9(15)6-10/h4-7H,1-3H3,(H,17,20). The Balaban J connectivity index is 2.84. The molecule has 1 aromatic heterocycles. The van der Waals surface area contributed by atoms with Crippen LogP contribution in [0.1, 0.15) is 30.9 Å². The van der Waals surface area contributed by atoms with Crippen LogP contribution in [0.5, 0.6) is 0 Å². The van der Waals surface area contributed by atoms with Gasteiger partial charge in [-0.15, -0.1) is 0 Å². The van der Waals surface area contributed by atoms with Gasteiger partial charge in [-0.05, 0) is 36.6 Å².